The summed E-state index contributed by atoms with van der Waals surface area (Å²) >= 11 is 0. The third-order valence-corrected chi connectivity index (χ3v) is 2.49. The van der Waals surface area contributed by atoms with Crippen molar-refractivity contribution in [3.63, 3.8) is 0 Å². The molecule has 98 valence electrons. The minimum Gasteiger partial charge on any atom is -0.491 e. The van der Waals surface area contributed by atoms with Gasteiger partial charge in [-0.1, -0.05) is 12.1 Å². The van der Waals surface area contributed by atoms with Crippen LogP contribution in [0.4, 0.5) is 5.69 Å². The van der Waals surface area contributed by atoms with Gasteiger partial charge in [-0.15, -0.1) is 0 Å². The molecule has 0 aliphatic carbocycles. The van der Waals surface area contributed by atoms with Crippen molar-refractivity contribution in [2.75, 3.05) is 5.73 Å². The molecule has 4 nitrogen and oxygen atoms in total. The molecular formula is C15H16N2O2. The molecule has 0 amide bonds. The van der Waals surface area contributed by atoms with Gasteiger partial charge in [-0.2, -0.15) is 0 Å². The predicted molar refractivity (Wildman–Crippen MR) is 74.3 cm³/mol. The predicted octanol–water partition coefficient (Wildman–Crippen LogP) is 2.68. The Balaban J connectivity index is 2.26. The fourth-order valence-corrected chi connectivity index (χ4v) is 1.67. The number of pyridine rings is 1. The Morgan fingerprint density at radius 1 is 1.26 bits per heavy atom. The zero-order valence-electron chi connectivity index (χ0n) is 11.0. The Morgan fingerprint density at radius 3 is 2.68 bits per heavy atom. The van der Waals surface area contributed by atoms with Crippen molar-refractivity contribution in [1.29, 1.82) is 0 Å². The highest BCUT2D eigenvalue weighted by Gasteiger charge is 2.11. The summed E-state index contributed by atoms with van der Waals surface area (Å²) < 4.78 is 5.57. The van der Waals surface area contributed by atoms with Gasteiger partial charge in [0.25, 0.3) is 0 Å². The molecule has 0 saturated heterocycles. The highest BCUT2D eigenvalue weighted by molar-refractivity contribution is 6.07. The van der Waals surface area contributed by atoms with Crippen molar-refractivity contribution < 1.29 is 9.53 Å². The molecule has 0 aliphatic rings. The van der Waals surface area contributed by atoms with Crippen molar-refractivity contribution in [2.24, 2.45) is 0 Å². The third kappa shape index (κ3) is 3.31. The minimum atomic E-state index is -0.144. The van der Waals surface area contributed by atoms with Crippen LogP contribution in [0.3, 0.4) is 0 Å². The molecule has 0 fully saturated rings. The van der Waals surface area contributed by atoms with E-state index in [9.17, 15) is 4.79 Å². The van der Waals surface area contributed by atoms with E-state index in [1.165, 1.54) is 6.20 Å². The van der Waals surface area contributed by atoms with Gasteiger partial charge < -0.3 is 10.5 Å². The average molecular weight is 256 g/mol. The van der Waals surface area contributed by atoms with E-state index >= 15 is 0 Å². The summed E-state index contributed by atoms with van der Waals surface area (Å²) in [6.45, 7) is 3.88. The van der Waals surface area contributed by atoms with Crippen LogP contribution in [0.1, 0.15) is 29.9 Å². The monoisotopic (exact) mass is 256 g/mol. The molecule has 0 aliphatic heterocycles. The number of ether oxygens (including phenoxy) is 1. The van der Waals surface area contributed by atoms with Crippen LogP contribution in [0.15, 0.2) is 42.6 Å². The maximum absolute atomic E-state index is 12.2. The smallest absolute Gasteiger partial charge is 0.211 e. The van der Waals surface area contributed by atoms with E-state index in [1.54, 1.807) is 30.3 Å². The van der Waals surface area contributed by atoms with Gasteiger partial charge in [-0.25, -0.2) is 0 Å². The second-order valence-corrected chi connectivity index (χ2v) is 4.50. The number of hydrogen-bond donors (Lipinski definition) is 1. The summed E-state index contributed by atoms with van der Waals surface area (Å²) in [5, 5.41) is 0. The number of ketones is 1. The highest BCUT2D eigenvalue weighted by Crippen LogP contribution is 2.17. The fraction of sp³-hybridized carbons (Fsp3) is 0.200. The molecule has 0 spiro atoms. The van der Waals surface area contributed by atoms with Gasteiger partial charge in [0.1, 0.15) is 11.4 Å². The molecule has 1 aromatic heterocycles. The molecule has 0 unspecified atom stereocenters. The van der Waals surface area contributed by atoms with Gasteiger partial charge in [0, 0.05) is 5.56 Å². The van der Waals surface area contributed by atoms with Crippen LogP contribution in [0, 0.1) is 0 Å². The lowest BCUT2D eigenvalue weighted by atomic mass is 10.1. The zero-order chi connectivity index (χ0) is 13.8. The Bertz CT molecular complexity index is 577. The Kier molecular flexibility index (Phi) is 3.80. The standard InChI is InChI=1S/C15H16N2O2/c1-10(2)19-13-5-3-4-11(8-13)15(18)14-7-6-12(16)9-17-14/h3-10H,16H2,1-2H3. The van der Waals surface area contributed by atoms with Crippen LogP contribution >= 0.6 is 0 Å². The molecule has 0 bridgehead atoms. The number of nitrogen functional groups attached to an aromatic ring is 1. The van der Waals surface area contributed by atoms with Gasteiger partial charge in [-0.3, -0.25) is 9.78 Å². The molecular weight excluding hydrogens is 240 g/mol. The summed E-state index contributed by atoms with van der Waals surface area (Å²) in [6.07, 6.45) is 1.54. The van der Waals surface area contributed by atoms with Crippen LogP contribution in [0.5, 0.6) is 5.75 Å². The van der Waals surface area contributed by atoms with Crippen molar-refractivity contribution >= 4 is 11.5 Å². The van der Waals surface area contributed by atoms with Gasteiger partial charge in [-0.05, 0) is 38.1 Å². The number of nitrogens with two attached hydrogens (primary N) is 1. The van der Waals surface area contributed by atoms with E-state index in [2.05, 4.69) is 4.98 Å². The molecule has 2 N–H and O–H groups in total. The first-order valence-electron chi connectivity index (χ1n) is 6.09. The second kappa shape index (κ2) is 5.52. The number of aromatic nitrogens is 1. The third-order valence-electron chi connectivity index (χ3n) is 2.49. The zero-order valence-corrected chi connectivity index (χ0v) is 11.0. The number of benzene rings is 1. The van der Waals surface area contributed by atoms with E-state index in [1.807, 2.05) is 19.9 Å². The summed E-state index contributed by atoms with van der Waals surface area (Å²) in [5.41, 5.74) is 7.01. The van der Waals surface area contributed by atoms with E-state index < -0.39 is 0 Å². The molecule has 1 aromatic carbocycles. The largest absolute Gasteiger partial charge is 0.491 e. The Hall–Kier alpha value is -2.36. The molecule has 0 radical (unpaired) electrons. The van der Waals surface area contributed by atoms with Gasteiger partial charge in [0.2, 0.25) is 5.78 Å². The van der Waals surface area contributed by atoms with Gasteiger partial charge >= 0.3 is 0 Å². The number of carbonyl (C=O) groups is 1. The van der Waals surface area contributed by atoms with Crippen LogP contribution in [0.25, 0.3) is 0 Å². The highest BCUT2D eigenvalue weighted by atomic mass is 16.5. The molecule has 4 heteroatoms. The Morgan fingerprint density at radius 2 is 2.05 bits per heavy atom. The van der Waals surface area contributed by atoms with Gasteiger partial charge in [0.15, 0.2) is 0 Å². The van der Waals surface area contributed by atoms with Crippen molar-refractivity contribution in [1.82, 2.24) is 4.98 Å². The number of rotatable bonds is 4. The molecule has 2 rings (SSSR count). The summed E-state index contributed by atoms with van der Waals surface area (Å²) in [6, 6.07) is 10.4. The number of hydrogen-bond acceptors (Lipinski definition) is 4. The molecule has 0 atom stereocenters. The first-order chi connectivity index (χ1) is 9.06. The normalized spacial score (nSPS) is 10.5. The molecule has 0 saturated carbocycles. The number of nitrogens with zero attached hydrogens (tertiary/aromatic N) is 1. The molecule has 1 heterocycles. The lowest BCUT2D eigenvalue weighted by Crippen LogP contribution is -2.08. The summed E-state index contributed by atoms with van der Waals surface area (Å²) in [7, 11) is 0. The van der Waals surface area contributed by atoms with Crippen molar-refractivity contribution in [3.05, 3.63) is 53.9 Å². The second-order valence-electron chi connectivity index (χ2n) is 4.50. The summed E-state index contributed by atoms with van der Waals surface area (Å²) in [5.74, 6) is 0.533. The minimum absolute atomic E-state index is 0.0694. The lowest BCUT2D eigenvalue weighted by Gasteiger charge is -2.10. The van der Waals surface area contributed by atoms with Gasteiger partial charge in [0.05, 0.1) is 18.0 Å². The van der Waals surface area contributed by atoms with E-state index in [-0.39, 0.29) is 11.9 Å². The van der Waals surface area contributed by atoms with Crippen molar-refractivity contribution in [2.45, 2.75) is 20.0 Å². The number of anilines is 1. The summed E-state index contributed by atoms with van der Waals surface area (Å²) in [4.78, 5) is 16.3. The van der Waals surface area contributed by atoms with E-state index in [4.69, 9.17) is 10.5 Å². The first-order valence-corrected chi connectivity index (χ1v) is 6.09. The quantitative estimate of drug-likeness (QED) is 0.854. The van der Waals surface area contributed by atoms with Crippen molar-refractivity contribution in [3.8, 4) is 5.75 Å². The molecule has 19 heavy (non-hydrogen) atoms. The van der Waals surface area contributed by atoms with Crippen LogP contribution in [-0.4, -0.2) is 16.9 Å². The maximum Gasteiger partial charge on any atom is 0.211 e. The van der Waals surface area contributed by atoms with Crippen LogP contribution in [-0.2, 0) is 0 Å². The van der Waals surface area contributed by atoms with Crippen LogP contribution < -0.4 is 10.5 Å². The number of carbonyl (C=O) groups excluding carboxylic acids is 1. The van der Waals surface area contributed by atoms with Crippen LogP contribution in [0.2, 0.25) is 0 Å². The fourth-order valence-electron chi connectivity index (χ4n) is 1.67. The first kappa shape index (κ1) is 13.1. The molecule has 2 aromatic rings. The topological polar surface area (TPSA) is 65.2 Å². The lowest BCUT2D eigenvalue weighted by molar-refractivity contribution is 0.103. The maximum atomic E-state index is 12.2. The Labute approximate surface area is 112 Å². The SMILES string of the molecule is CC(C)Oc1cccc(C(=O)c2ccc(N)cn2)c1. The average Bonchev–Trinajstić information content (AvgIpc) is 2.38. The van der Waals surface area contributed by atoms with E-state index in [0.29, 0.717) is 22.7 Å². The van der Waals surface area contributed by atoms with E-state index in [0.717, 1.165) is 0 Å².